The minimum atomic E-state index is -0.626. The maximum absolute atomic E-state index is 13.1. The molecule has 1 atom stereocenters. The fraction of sp³-hybridized carbons (Fsp3) is 0.188. The molecule has 2 heterocycles. The molecular weight excluding hydrogens is 333 g/mol. The number of primary amides is 1. The average Bonchev–Trinajstić information content (AvgIpc) is 2.97. The van der Waals surface area contributed by atoms with E-state index in [1.54, 1.807) is 23.5 Å². The van der Waals surface area contributed by atoms with Gasteiger partial charge in [0.25, 0.3) is 0 Å². The van der Waals surface area contributed by atoms with E-state index in [2.05, 4.69) is 16.9 Å². The molecule has 0 fully saturated rings. The average molecular weight is 347 g/mol. The molecule has 0 radical (unpaired) electrons. The van der Waals surface area contributed by atoms with E-state index in [4.69, 9.17) is 5.73 Å². The fourth-order valence-electron chi connectivity index (χ4n) is 2.19. The lowest BCUT2D eigenvalue weighted by Gasteiger charge is -2.13. The first-order chi connectivity index (χ1) is 11.1. The van der Waals surface area contributed by atoms with Crippen LogP contribution in [0.3, 0.4) is 0 Å². The fourth-order valence-corrected chi connectivity index (χ4v) is 4.21. The van der Waals surface area contributed by atoms with Crippen LogP contribution in [0.15, 0.2) is 41.7 Å². The predicted octanol–water partition coefficient (Wildman–Crippen LogP) is 3.71. The maximum Gasteiger partial charge on any atom is 0.235 e. The van der Waals surface area contributed by atoms with Crippen molar-refractivity contribution < 1.29 is 9.18 Å². The summed E-state index contributed by atoms with van der Waals surface area (Å²) < 4.78 is 13.1. The van der Waals surface area contributed by atoms with E-state index in [1.807, 2.05) is 6.07 Å². The number of thiophene rings is 1. The van der Waals surface area contributed by atoms with Crippen LogP contribution in [0.5, 0.6) is 0 Å². The lowest BCUT2D eigenvalue weighted by atomic mass is 10.1. The van der Waals surface area contributed by atoms with Crippen molar-refractivity contribution in [3.63, 3.8) is 0 Å². The second-order valence-corrected chi connectivity index (χ2v) is 7.12. The molecule has 0 spiro atoms. The third-order valence-electron chi connectivity index (χ3n) is 3.35. The first-order valence-corrected chi connectivity index (χ1v) is 8.73. The molecule has 2 N–H and O–H groups in total. The number of hydrogen-bond acceptors (Lipinski definition) is 5. The van der Waals surface area contributed by atoms with Gasteiger partial charge in [0.1, 0.15) is 27.3 Å². The number of nitrogens with zero attached hydrogens (tertiary/aromatic N) is 2. The Bertz CT molecular complexity index is 848. The molecule has 1 amide bonds. The van der Waals surface area contributed by atoms with Crippen LogP contribution < -0.4 is 5.73 Å². The Kier molecular flexibility index (Phi) is 4.58. The molecule has 0 aliphatic rings. The molecule has 118 valence electrons. The van der Waals surface area contributed by atoms with Crippen molar-refractivity contribution in [3.8, 4) is 0 Å². The van der Waals surface area contributed by atoms with Gasteiger partial charge in [-0.05, 0) is 30.2 Å². The van der Waals surface area contributed by atoms with Crippen molar-refractivity contribution in [1.29, 1.82) is 0 Å². The number of fused-ring (bicyclic) bond motifs is 1. The van der Waals surface area contributed by atoms with Crippen LogP contribution in [0, 0.1) is 5.82 Å². The number of rotatable bonds is 5. The van der Waals surface area contributed by atoms with Crippen molar-refractivity contribution in [2.24, 2.45) is 5.73 Å². The van der Waals surface area contributed by atoms with Gasteiger partial charge in [0.15, 0.2) is 0 Å². The lowest BCUT2D eigenvalue weighted by molar-refractivity contribution is -0.117. The Balaban J connectivity index is 1.99. The molecule has 3 aromatic rings. The molecule has 1 aromatic carbocycles. The number of amides is 1. The molecule has 1 unspecified atom stereocenters. The summed E-state index contributed by atoms with van der Waals surface area (Å²) in [6.07, 6.45) is 2.41. The SMILES string of the molecule is CCc1cc2c(SC(C(N)=O)c3ccc(F)cc3)ncnc2s1. The highest BCUT2D eigenvalue weighted by molar-refractivity contribution is 8.00. The minimum absolute atomic E-state index is 0.350. The zero-order valence-electron chi connectivity index (χ0n) is 12.3. The number of benzene rings is 1. The van der Waals surface area contributed by atoms with Crippen LogP contribution in [-0.4, -0.2) is 15.9 Å². The van der Waals surface area contributed by atoms with Crippen LogP contribution in [0.25, 0.3) is 10.2 Å². The number of carbonyl (C=O) groups is 1. The normalized spacial score (nSPS) is 12.4. The van der Waals surface area contributed by atoms with E-state index in [1.165, 1.54) is 35.1 Å². The summed E-state index contributed by atoms with van der Waals surface area (Å²) in [5.74, 6) is -0.837. The number of nitrogens with two attached hydrogens (primary N) is 1. The van der Waals surface area contributed by atoms with Crippen LogP contribution in [-0.2, 0) is 11.2 Å². The summed E-state index contributed by atoms with van der Waals surface area (Å²) in [6.45, 7) is 2.08. The number of aryl methyl sites for hydroxylation is 1. The summed E-state index contributed by atoms with van der Waals surface area (Å²) in [7, 11) is 0. The molecular formula is C16H14FN3OS2. The first kappa shape index (κ1) is 15.9. The van der Waals surface area contributed by atoms with Crippen LogP contribution in [0.1, 0.15) is 22.6 Å². The zero-order chi connectivity index (χ0) is 16.4. The standard InChI is InChI=1S/C16H14FN3OS2/c1-2-11-7-12-15(22-11)19-8-20-16(12)23-13(14(18)21)9-3-5-10(17)6-4-9/h3-8,13H,2H2,1H3,(H2,18,21). The molecule has 7 heteroatoms. The Labute approximate surface area is 140 Å². The molecule has 0 aliphatic carbocycles. The van der Waals surface area contributed by atoms with E-state index >= 15 is 0 Å². The number of halogens is 1. The van der Waals surface area contributed by atoms with Gasteiger partial charge in [-0.15, -0.1) is 11.3 Å². The molecule has 0 saturated carbocycles. The van der Waals surface area contributed by atoms with E-state index in [9.17, 15) is 9.18 Å². The maximum atomic E-state index is 13.1. The quantitative estimate of drug-likeness (QED) is 0.564. The van der Waals surface area contributed by atoms with Gasteiger partial charge in [-0.2, -0.15) is 0 Å². The van der Waals surface area contributed by atoms with Gasteiger partial charge >= 0.3 is 0 Å². The number of carbonyl (C=O) groups excluding carboxylic acids is 1. The molecule has 0 aliphatic heterocycles. The Morgan fingerprint density at radius 1 is 1.35 bits per heavy atom. The third-order valence-corrected chi connectivity index (χ3v) is 5.83. The van der Waals surface area contributed by atoms with Crippen molar-refractivity contribution in [3.05, 3.63) is 52.9 Å². The Morgan fingerprint density at radius 3 is 2.74 bits per heavy atom. The van der Waals surface area contributed by atoms with Crippen molar-refractivity contribution in [2.75, 3.05) is 0 Å². The smallest absolute Gasteiger partial charge is 0.235 e. The molecule has 2 aromatic heterocycles. The molecule has 0 saturated heterocycles. The van der Waals surface area contributed by atoms with Crippen LogP contribution in [0.4, 0.5) is 4.39 Å². The van der Waals surface area contributed by atoms with Gasteiger partial charge in [-0.25, -0.2) is 14.4 Å². The highest BCUT2D eigenvalue weighted by Crippen LogP contribution is 2.39. The summed E-state index contributed by atoms with van der Waals surface area (Å²) in [5, 5.41) is 1.01. The monoisotopic (exact) mass is 347 g/mol. The van der Waals surface area contributed by atoms with Gasteiger partial charge in [0.2, 0.25) is 5.91 Å². The summed E-state index contributed by atoms with van der Waals surface area (Å²) in [5.41, 5.74) is 6.19. The first-order valence-electron chi connectivity index (χ1n) is 7.03. The number of aromatic nitrogens is 2. The minimum Gasteiger partial charge on any atom is -0.368 e. The van der Waals surface area contributed by atoms with Crippen molar-refractivity contribution >= 4 is 39.2 Å². The van der Waals surface area contributed by atoms with Gasteiger partial charge in [-0.1, -0.05) is 30.8 Å². The lowest BCUT2D eigenvalue weighted by Crippen LogP contribution is -2.19. The summed E-state index contributed by atoms with van der Waals surface area (Å²) >= 11 is 2.88. The molecule has 0 bridgehead atoms. The third kappa shape index (κ3) is 3.35. The summed E-state index contributed by atoms with van der Waals surface area (Å²) in [4.78, 5) is 22.5. The van der Waals surface area contributed by atoms with Gasteiger partial charge in [0, 0.05) is 10.3 Å². The highest BCUT2D eigenvalue weighted by atomic mass is 32.2. The Morgan fingerprint density at radius 2 is 2.09 bits per heavy atom. The molecule has 23 heavy (non-hydrogen) atoms. The Hall–Kier alpha value is -1.99. The van der Waals surface area contributed by atoms with E-state index in [0.717, 1.165) is 16.6 Å². The zero-order valence-corrected chi connectivity index (χ0v) is 14.0. The van der Waals surface area contributed by atoms with E-state index < -0.39 is 11.2 Å². The second kappa shape index (κ2) is 6.64. The second-order valence-electron chi connectivity index (χ2n) is 4.92. The number of thioether (sulfide) groups is 1. The van der Waals surface area contributed by atoms with Gasteiger partial charge < -0.3 is 5.73 Å². The van der Waals surface area contributed by atoms with Gasteiger partial charge in [-0.3, -0.25) is 4.79 Å². The molecule has 3 rings (SSSR count). The van der Waals surface area contributed by atoms with Crippen molar-refractivity contribution in [2.45, 2.75) is 23.6 Å². The van der Waals surface area contributed by atoms with Crippen LogP contribution >= 0.6 is 23.1 Å². The van der Waals surface area contributed by atoms with Crippen molar-refractivity contribution in [1.82, 2.24) is 9.97 Å². The van der Waals surface area contributed by atoms with E-state index in [-0.39, 0.29) is 5.82 Å². The van der Waals surface area contributed by atoms with Gasteiger partial charge in [0.05, 0.1) is 0 Å². The highest BCUT2D eigenvalue weighted by Gasteiger charge is 2.22. The van der Waals surface area contributed by atoms with E-state index in [0.29, 0.717) is 10.6 Å². The predicted molar refractivity (Wildman–Crippen MR) is 91.0 cm³/mol. The molecule has 4 nitrogen and oxygen atoms in total. The largest absolute Gasteiger partial charge is 0.368 e. The summed E-state index contributed by atoms with van der Waals surface area (Å²) in [6, 6.07) is 7.83. The van der Waals surface area contributed by atoms with Crippen LogP contribution in [0.2, 0.25) is 0 Å². The number of hydrogen-bond donors (Lipinski definition) is 1. The topological polar surface area (TPSA) is 68.9 Å².